The van der Waals surface area contributed by atoms with Gasteiger partial charge >= 0.3 is 0 Å². The van der Waals surface area contributed by atoms with Crippen molar-refractivity contribution in [3.63, 3.8) is 0 Å². The number of aromatic nitrogens is 4. The Balaban J connectivity index is 0.00000180. The molecule has 0 spiro atoms. The molecule has 0 aliphatic carbocycles. The molecule has 110 valence electrons. The van der Waals surface area contributed by atoms with Crippen molar-refractivity contribution in [1.29, 1.82) is 0 Å². The molecule has 0 aromatic carbocycles. The molecule has 0 bridgehead atoms. The molecular weight excluding hydrogens is 303 g/mol. The van der Waals surface area contributed by atoms with Crippen LogP contribution < -0.4 is 11.1 Å². The van der Waals surface area contributed by atoms with Crippen molar-refractivity contribution in [1.82, 2.24) is 19.7 Å². The minimum atomic E-state index is -0.256. The first-order chi connectivity index (χ1) is 8.72. The SMILES string of the molecule is CC(CN)C(=O)Nc1cccnc1-n1cncn1.Cl.Cl. The molecule has 3 N–H and O–H groups in total. The summed E-state index contributed by atoms with van der Waals surface area (Å²) in [7, 11) is 0. The zero-order valence-corrected chi connectivity index (χ0v) is 12.4. The molecule has 0 saturated carbocycles. The van der Waals surface area contributed by atoms with Crippen LogP contribution in [0.2, 0.25) is 0 Å². The molecule has 1 atom stereocenters. The number of amides is 1. The predicted octanol–water partition coefficient (Wildman–Crippen LogP) is 1.04. The van der Waals surface area contributed by atoms with Gasteiger partial charge in [-0.05, 0) is 12.1 Å². The van der Waals surface area contributed by atoms with Crippen molar-refractivity contribution in [2.75, 3.05) is 11.9 Å². The molecule has 1 unspecified atom stereocenters. The van der Waals surface area contributed by atoms with Crippen LogP contribution >= 0.6 is 24.8 Å². The van der Waals surface area contributed by atoms with Gasteiger partial charge in [-0.25, -0.2) is 14.6 Å². The molecule has 0 radical (unpaired) electrons. The lowest BCUT2D eigenvalue weighted by Gasteiger charge is -2.12. The van der Waals surface area contributed by atoms with E-state index in [0.717, 1.165) is 0 Å². The number of carbonyl (C=O) groups excluding carboxylic acids is 1. The lowest BCUT2D eigenvalue weighted by Crippen LogP contribution is -2.27. The monoisotopic (exact) mass is 318 g/mol. The van der Waals surface area contributed by atoms with Crippen molar-refractivity contribution in [3.8, 4) is 5.82 Å². The smallest absolute Gasteiger partial charge is 0.228 e. The molecule has 2 aromatic heterocycles. The number of anilines is 1. The zero-order chi connectivity index (χ0) is 13.0. The Labute approximate surface area is 128 Å². The van der Waals surface area contributed by atoms with Gasteiger partial charge in [0.25, 0.3) is 0 Å². The minimum Gasteiger partial charge on any atom is -0.330 e. The van der Waals surface area contributed by atoms with Crippen molar-refractivity contribution >= 4 is 36.4 Å². The Kier molecular flexibility index (Phi) is 7.75. The minimum absolute atomic E-state index is 0. The molecule has 9 heteroatoms. The lowest BCUT2D eigenvalue weighted by molar-refractivity contribution is -0.119. The number of nitrogens with zero attached hydrogens (tertiary/aromatic N) is 4. The standard InChI is InChI=1S/C11H14N6O.2ClH/c1-8(5-12)11(18)16-9-3-2-4-14-10(9)17-7-13-6-15-17;;/h2-4,6-8H,5,12H2,1H3,(H,16,18);2*1H. The van der Waals surface area contributed by atoms with Gasteiger partial charge in [0.05, 0.1) is 5.69 Å². The highest BCUT2D eigenvalue weighted by atomic mass is 35.5. The first kappa shape index (κ1) is 18.3. The first-order valence-corrected chi connectivity index (χ1v) is 5.53. The molecular formula is C11H16Cl2N6O. The molecule has 0 aliphatic heterocycles. The quantitative estimate of drug-likeness (QED) is 0.877. The maximum Gasteiger partial charge on any atom is 0.228 e. The third-order valence-electron chi connectivity index (χ3n) is 2.48. The molecule has 7 nitrogen and oxygen atoms in total. The number of nitrogens with two attached hydrogens (primary N) is 1. The second-order valence-electron chi connectivity index (χ2n) is 3.84. The molecule has 0 saturated heterocycles. The van der Waals surface area contributed by atoms with Gasteiger partial charge in [0, 0.05) is 18.7 Å². The van der Waals surface area contributed by atoms with E-state index in [1.807, 2.05) is 0 Å². The maximum absolute atomic E-state index is 11.8. The van der Waals surface area contributed by atoms with Crippen LogP contribution in [0.3, 0.4) is 0 Å². The van der Waals surface area contributed by atoms with Gasteiger partial charge in [-0.15, -0.1) is 24.8 Å². The van der Waals surface area contributed by atoms with Gasteiger partial charge in [0.15, 0.2) is 5.82 Å². The summed E-state index contributed by atoms with van der Waals surface area (Å²) in [5.74, 6) is 0.119. The van der Waals surface area contributed by atoms with Gasteiger partial charge < -0.3 is 11.1 Å². The van der Waals surface area contributed by atoms with Crippen LogP contribution in [0.5, 0.6) is 0 Å². The Bertz CT molecular complexity index is 533. The normalized spacial score (nSPS) is 10.9. The summed E-state index contributed by atoms with van der Waals surface area (Å²) in [5.41, 5.74) is 6.03. The van der Waals surface area contributed by atoms with Crippen LogP contribution in [0, 0.1) is 5.92 Å². The molecule has 0 fully saturated rings. The van der Waals surface area contributed by atoms with Crippen LogP contribution in [0.15, 0.2) is 31.0 Å². The number of hydrogen-bond donors (Lipinski definition) is 2. The summed E-state index contributed by atoms with van der Waals surface area (Å²) in [5, 5.41) is 6.77. The van der Waals surface area contributed by atoms with Crippen molar-refractivity contribution in [2.24, 2.45) is 11.7 Å². The Morgan fingerprint density at radius 1 is 1.50 bits per heavy atom. The highest BCUT2D eigenvalue weighted by Gasteiger charge is 2.14. The number of rotatable bonds is 4. The molecule has 2 aromatic rings. The van der Waals surface area contributed by atoms with Gasteiger partial charge in [-0.1, -0.05) is 6.92 Å². The average Bonchev–Trinajstić information content (AvgIpc) is 2.92. The Morgan fingerprint density at radius 2 is 2.25 bits per heavy atom. The van der Waals surface area contributed by atoms with Crippen LogP contribution in [0.25, 0.3) is 5.82 Å². The van der Waals surface area contributed by atoms with Crippen molar-refractivity contribution in [3.05, 3.63) is 31.0 Å². The van der Waals surface area contributed by atoms with Crippen molar-refractivity contribution < 1.29 is 4.79 Å². The third kappa shape index (κ3) is 4.16. The molecule has 0 aliphatic rings. The average molecular weight is 319 g/mol. The molecule has 2 heterocycles. The summed E-state index contributed by atoms with van der Waals surface area (Å²) in [4.78, 5) is 19.8. The number of carbonyl (C=O) groups is 1. The number of hydrogen-bond acceptors (Lipinski definition) is 5. The second kappa shape index (κ2) is 8.47. The van der Waals surface area contributed by atoms with Crippen LogP contribution in [0.1, 0.15) is 6.92 Å². The molecule has 20 heavy (non-hydrogen) atoms. The van der Waals surface area contributed by atoms with E-state index in [0.29, 0.717) is 18.1 Å². The Morgan fingerprint density at radius 3 is 2.85 bits per heavy atom. The van der Waals surface area contributed by atoms with E-state index in [9.17, 15) is 4.79 Å². The van der Waals surface area contributed by atoms with E-state index in [2.05, 4.69) is 20.4 Å². The molecule has 1 amide bonds. The van der Waals surface area contributed by atoms with E-state index >= 15 is 0 Å². The summed E-state index contributed by atoms with van der Waals surface area (Å²) in [6, 6.07) is 3.49. The van der Waals surface area contributed by atoms with Crippen molar-refractivity contribution in [2.45, 2.75) is 6.92 Å². The molecule has 2 rings (SSSR count). The highest BCUT2D eigenvalue weighted by molar-refractivity contribution is 5.93. The van der Waals surface area contributed by atoms with Crippen LogP contribution in [-0.2, 0) is 4.79 Å². The van der Waals surface area contributed by atoms with E-state index in [1.165, 1.54) is 17.3 Å². The van der Waals surface area contributed by atoms with E-state index in [4.69, 9.17) is 5.73 Å². The Hall–Kier alpha value is -1.70. The van der Waals surface area contributed by atoms with Gasteiger partial charge in [0.2, 0.25) is 5.91 Å². The topological polar surface area (TPSA) is 98.7 Å². The lowest BCUT2D eigenvalue weighted by atomic mass is 10.1. The van der Waals surface area contributed by atoms with E-state index < -0.39 is 0 Å². The van der Waals surface area contributed by atoms with E-state index in [-0.39, 0.29) is 36.6 Å². The summed E-state index contributed by atoms with van der Waals surface area (Å²) >= 11 is 0. The fourth-order valence-electron chi connectivity index (χ4n) is 1.36. The number of halogens is 2. The summed E-state index contributed by atoms with van der Waals surface area (Å²) < 4.78 is 1.49. The second-order valence-corrected chi connectivity index (χ2v) is 3.84. The van der Waals surface area contributed by atoms with Gasteiger partial charge in [0.1, 0.15) is 12.7 Å². The summed E-state index contributed by atoms with van der Waals surface area (Å²) in [6.45, 7) is 2.06. The van der Waals surface area contributed by atoms with E-state index in [1.54, 1.807) is 25.3 Å². The predicted molar refractivity (Wildman–Crippen MR) is 80.5 cm³/mol. The van der Waals surface area contributed by atoms with Gasteiger partial charge in [-0.2, -0.15) is 5.10 Å². The summed E-state index contributed by atoms with van der Waals surface area (Å²) in [6.07, 6.45) is 4.55. The number of nitrogens with one attached hydrogen (secondary N) is 1. The fourth-order valence-corrected chi connectivity index (χ4v) is 1.36. The van der Waals surface area contributed by atoms with Crippen LogP contribution in [0.4, 0.5) is 5.69 Å². The van der Waals surface area contributed by atoms with Gasteiger partial charge in [-0.3, -0.25) is 4.79 Å². The third-order valence-corrected chi connectivity index (χ3v) is 2.48. The fraction of sp³-hybridized carbons (Fsp3) is 0.273. The first-order valence-electron chi connectivity index (χ1n) is 5.53. The number of pyridine rings is 1. The maximum atomic E-state index is 11.8. The van der Waals surface area contributed by atoms with Crippen LogP contribution in [-0.4, -0.2) is 32.2 Å². The highest BCUT2D eigenvalue weighted by Crippen LogP contribution is 2.16. The zero-order valence-electron chi connectivity index (χ0n) is 10.8. The largest absolute Gasteiger partial charge is 0.330 e.